The Hall–Kier alpha value is -1.77. The predicted molar refractivity (Wildman–Crippen MR) is 56.2 cm³/mol. The van der Waals surface area contributed by atoms with Gasteiger partial charge in [0, 0.05) is 5.22 Å². The summed E-state index contributed by atoms with van der Waals surface area (Å²) in [5.74, 6) is 0.840. The van der Waals surface area contributed by atoms with Gasteiger partial charge in [0.05, 0.1) is 6.26 Å². The number of fused-ring (bicyclic) bond motifs is 3. The van der Waals surface area contributed by atoms with Crippen LogP contribution < -0.4 is 20.6 Å². The smallest absolute Gasteiger partial charge is 0.250 e. The number of rotatable bonds is 0. The highest BCUT2D eigenvalue weighted by atomic mass is 16.5. The lowest BCUT2D eigenvalue weighted by atomic mass is 9.69. The van der Waals surface area contributed by atoms with Crippen LogP contribution in [0.5, 0.6) is 5.75 Å². The molecule has 0 N–H and O–H groups in total. The highest BCUT2D eigenvalue weighted by Gasteiger charge is 2.18. The molecule has 2 aliphatic heterocycles. The molecular formula is C11H7BO2. The van der Waals surface area contributed by atoms with E-state index in [1.54, 1.807) is 12.3 Å². The third-order valence-electron chi connectivity index (χ3n) is 2.53. The van der Waals surface area contributed by atoms with Gasteiger partial charge in [-0.3, -0.25) is 0 Å². The number of carbonyl (C=O) groups is 1. The van der Waals surface area contributed by atoms with Crippen LogP contribution in [0.3, 0.4) is 0 Å². The molecule has 14 heavy (non-hydrogen) atoms. The average Bonchev–Trinajstić information content (AvgIpc) is 2.59. The summed E-state index contributed by atoms with van der Waals surface area (Å²) in [5, 5.41) is 2.05. The zero-order valence-corrected chi connectivity index (χ0v) is 7.49. The number of hydrogen-bond acceptors (Lipinski definition) is 2. The largest absolute Gasteiger partial charge is 0.465 e. The Bertz CT molecular complexity index is 570. The summed E-state index contributed by atoms with van der Waals surface area (Å²) in [7, 11) is 0.472. The van der Waals surface area contributed by atoms with Crippen LogP contribution in [-0.2, 0) is 4.79 Å². The molecule has 0 saturated carbocycles. The molecule has 3 rings (SSSR count). The third-order valence-corrected chi connectivity index (χ3v) is 2.53. The first-order valence-corrected chi connectivity index (χ1v) is 4.54. The van der Waals surface area contributed by atoms with Gasteiger partial charge in [0.15, 0.2) is 0 Å². The second-order valence-electron chi connectivity index (χ2n) is 3.45. The summed E-state index contributed by atoms with van der Waals surface area (Å²) < 4.78 is 5.43. The van der Waals surface area contributed by atoms with Crippen LogP contribution in [0.2, 0.25) is 0 Å². The quantitative estimate of drug-likeness (QED) is 0.469. The number of hydrogen-bond donors (Lipinski definition) is 0. The molecule has 0 atom stereocenters. The van der Waals surface area contributed by atoms with Crippen molar-refractivity contribution in [1.82, 2.24) is 0 Å². The molecule has 0 radical (unpaired) electrons. The van der Waals surface area contributed by atoms with Crippen molar-refractivity contribution in [3.8, 4) is 5.75 Å². The van der Waals surface area contributed by atoms with Crippen LogP contribution in [-0.4, -0.2) is 13.0 Å². The summed E-state index contributed by atoms with van der Waals surface area (Å²) in [6.07, 6.45) is 7.17. The molecule has 2 heterocycles. The van der Waals surface area contributed by atoms with Gasteiger partial charge in [-0.05, 0) is 28.9 Å². The van der Waals surface area contributed by atoms with E-state index in [1.807, 2.05) is 24.3 Å². The maximum atomic E-state index is 11.2. The molecule has 2 nitrogen and oxygen atoms in total. The van der Waals surface area contributed by atoms with Crippen molar-refractivity contribution in [2.75, 3.05) is 0 Å². The minimum absolute atomic E-state index is 0.159. The van der Waals surface area contributed by atoms with Crippen LogP contribution in [0.15, 0.2) is 24.5 Å². The molecule has 1 aromatic carbocycles. The van der Waals surface area contributed by atoms with E-state index in [-0.39, 0.29) is 5.68 Å². The van der Waals surface area contributed by atoms with Gasteiger partial charge in [-0.1, -0.05) is 12.1 Å². The van der Waals surface area contributed by atoms with Crippen molar-refractivity contribution in [3.63, 3.8) is 0 Å². The molecule has 0 bridgehead atoms. The minimum atomic E-state index is 0.159. The fraction of sp³-hybridized carbons (Fsp3) is 0. The second kappa shape index (κ2) is 2.61. The summed E-state index contributed by atoms with van der Waals surface area (Å²) in [4.78, 5) is 11.2. The summed E-state index contributed by atoms with van der Waals surface area (Å²) in [6.45, 7) is 0. The molecule has 66 valence electrons. The first-order chi connectivity index (χ1) is 6.84. The molecule has 0 amide bonds. The van der Waals surface area contributed by atoms with E-state index < -0.39 is 0 Å². The van der Waals surface area contributed by atoms with E-state index in [1.165, 1.54) is 0 Å². The zero-order chi connectivity index (χ0) is 9.54. The Balaban J connectivity index is 2.38. The lowest BCUT2D eigenvalue weighted by Crippen LogP contribution is -2.33. The van der Waals surface area contributed by atoms with Crippen molar-refractivity contribution >= 4 is 30.6 Å². The van der Waals surface area contributed by atoms with E-state index in [0.29, 0.717) is 7.28 Å². The number of benzene rings is 1. The van der Waals surface area contributed by atoms with E-state index >= 15 is 0 Å². The van der Waals surface area contributed by atoms with Crippen LogP contribution >= 0.6 is 0 Å². The fourth-order valence-electron chi connectivity index (χ4n) is 1.90. The Morgan fingerprint density at radius 1 is 1.21 bits per heavy atom. The second-order valence-corrected chi connectivity index (χ2v) is 3.45. The SMILES string of the molecule is O=C1Bc2c3c(ccc2=C1)=CC=CO3. The van der Waals surface area contributed by atoms with Crippen molar-refractivity contribution < 1.29 is 9.53 Å². The van der Waals surface area contributed by atoms with Crippen LogP contribution in [0.25, 0.3) is 12.2 Å². The molecule has 0 spiro atoms. The monoisotopic (exact) mass is 182 g/mol. The van der Waals surface area contributed by atoms with Crippen LogP contribution in [0.4, 0.5) is 0 Å². The Morgan fingerprint density at radius 3 is 3.00 bits per heavy atom. The van der Waals surface area contributed by atoms with Gasteiger partial charge in [-0.2, -0.15) is 0 Å². The van der Waals surface area contributed by atoms with Crippen molar-refractivity contribution in [3.05, 3.63) is 34.9 Å². The predicted octanol–water partition coefficient (Wildman–Crippen LogP) is -1.24. The molecule has 0 aliphatic carbocycles. The zero-order valence-electron chi connectivity index (χ0n) is 7.49. The highest BCUT2D eigenvalue weighted by molar-refractivity contribution is 6.91. The van der Waals surface area contributed by atoms with E-state index in [9.17, 15) is 4.79 Å². The number of ether oxygens (including phenoxy) is 1. The van der Waals surface area contributed by atoms with Crippen molar-refractivity contribution in [1.29, 1.82) is 0 Å². The molecule has 0 aromatic heterocycles. The fourth-order valence-corrected chi connectivity index (χ4v) is 1.90. The first-order valence-electron chi connectivity index (χ1n) is 4.54. The Kier molecular flexibility index (Phi) is 1.42. The van der Waals surface area contributed by atoms with Crippen LogP contribution in [0.1, 0.15) is 0 Å². The normalized spacial score (nSPS) is 15.9. The van der Waals surface area contributed by atoms with E-state index in [0.717, 1.165) is 21.6 Å². The standard InChI is InChI=1S/C11H7BO2/c13-9-6-8-4-3-7-2-1-5-14-11(7)10(8)12-9/h1-6,12H. The van der Waals surface area contributed by atoms with E-state index in [2.05, 4.69) is 0 Å². The van der Waals surface area contributed by atoms with Crippen LogP contribution in [0, 0.1) is 0 Å². The average molecular weight is 182 g/mol. The topological polar surface area (TPSA) is 26.3 Å². The molecule has 3 heteroatoms. The summed E-state index contributed by atoms with van der Waals surface area (Å²) in [5.41, 5.74) is 1.18. The van der Waals surface area contributed by atoms with Gasteiger partial charge in [0.1, 0.15) is 11.4 Å². The lowest BCUT2D eigenvalue weighted by molar-refractivity contribution is -0.106. The lowest BCUT2D eigenvalue weighted by Gasteiger charge is -2.08. The van der Waals surface area contributed by atoms with Gasteiger partial charge in [-0.25, -0.2) is 0 Å². The Labute approximate surface area is 81.4 Å². The van der Waals surface area contributed by atoms with Crippen molar-refractivity contribution in [2.24, 2.45) is 0 Å². The summed E-state index contributed by atoms with van der Waals surface area (Å²) in [6, 6.07) is 3.95. The third kappa shape index (κ3) is 0.955. The van der Waals surface area contributed by atoms with Gasteiger partial charge in [-0.15, -0.1) is 0 Å². The molecule has 0 fully saturated rings. The van der Waals surface area contributed by atoms with E-state index in [4.69, 9.17) is 4.74 Å². The first kappa shape index (κ1) is 7.62. The maximum absolute atomic E-state index is 11.2. The van der Waals surface area contributed by atoms with Gasteiger partial charge in [0.2, 0.25) is 7.28 Å². The van der Waals surface area contributed by atoms with Crippen molar-refractivity contribution in [2.45, 2.75) is 0 Å². The molecule has 0 saturated heterocycles. The number of allylic oxidation sites excluding steroid dienone is 1. The number of carbonyl (C=O) groups excluding carboxylic acids is 1. The summed E-state index contributed by atoms with van der Waals surface area (Å²) >= 11 is 0. The Morgan fingerprint density at radius 2 is 2.07 bits per heavy atom. The molecular weight excluding hydrogens is 175 g/mol. The molecule has 1 aromatic rings. The minimum Gasteiger partial charge on any atom is -0.465 e. The van der Waals surface area contributed by atoms with Gasteiger partial charge in [0.25, 0.3) is 0 Å². The van der Waals surface area contributed by atoms with Gasteiger partial charge >= 0.3 is 0 Å². The molecule has 2 aliphatic rings. The van der Waals surface area contributed by atoms with Gasteiger partial charge < -0.3 is 9.53 Å². The maximum Gasteiger partial charge on any atom is 0.250 e. The molecule has 0 unspecified atom stereocenters. The highest BCUT2D eigenvalue weighted by Crippen LogP contribution is 2.03.